The third-order valence-electron chi connectivity index (χ3n) is 4.42. The average molecular weight is 346 g/mol. The summed E-state index contributed by atoms with van der Waals surface area (Å²) in [4.78, 5) is 11.7. The van der Waals surface area contributed by atoms with Crippen LogP contribution in [0, 0.1) is 0 Å². The summed E-state index contributed by atoms with van der Waals surface area (Å²) in [7, 11) is 0. The number of benzene rings is 3. The molecule has 0 saturated heterocycles. The Morgan fingerprint density at radius 2 is 1.42 bits per heavy atom. The first kappa shape index (κ1) is 17.7. The SMILES string of the molecule is CCc1ccccc1C[C@H](Oc1ccc(-c2ccccc2)cc1)C(=O)O. The molecule has 3 aromatic carbocycles. The Bertz CT molecular complexity index is 854. The molecule has 0 aliphatic carbocycles. The van der Waals surface area contributed by atoms with Crippen LogP contribution in [0.25, 0.3) is 11.1 Å². The van der Waals surface area contributed by atoms with E-state index in [2.05, 4.69) is 6.92 Å². The lowest BCUT2D eigenvalue weighted by molar-refractivity contribution is -0.145. The fourth-order valence-corrected chi connectivity index (χ4v) is 3.00. The third kappa shape index (κ3) is 4.31. The van der Waals surface area contributed by atoms with Crippen LogP contribution in [-0.4, -0.2) is 17.2 Å². The van der Waals surface area contributed by atoms with Crippen LogP contribution in [0.15, 0.2) is 78.9 Å². The van der Waals surface area contributed by atoms with Crippen molar-refractivity contribution in [1.82, 2.24) is 0 Å². The molecule has 0 bridgehead atoms. The minimum Gasteiger partial charge on any atom is -0.478 e. The van der Waals surface area contributed by atoms with Crippen LogP contribution in [0.5, 0.6) is 5.75 Å². The van der Waals surface area contributed by atoms with E-state index in [-0.39, 0.29) is 0 Å². The Morgan fingerprint density at radius 1 is 0.846 bits per heavy atom. The maximum atomic E-state index is 11.7. The first-order valence-corrected chi connectivity index (χ1v) is 8.79. The number of carbonyl (C=O) groups is 1. The first-order valence-electron chi connectivity index (χ1n) is 8.79. The zero-order chi connectivity index (χ0) is 18.4. The smallest absolute Gasteiger partial charge is 0.345 e. The van der Waals surface area contributed by atoms with Crippen molar-refractivity contribution in [3.8, 4) is 16.9 Å². The highest BCUT2D eigenvalue weighted by atomic mass is 16.5. The summed E-state index contributed by atoms with van der Waals surface area (Å²) in [5, 5.41) is 9.57. The van der Waals surface area contributed by atoms with E-state index in [0.29, 0.717) is 12.2 Å². The molecule has 0 heterocycles. The lowest BCUT2D eigenvalue weighted by Gasteiger charge is -2.17. The van der Waals surface area contributed by atoms with Crippen LogP contribution in [0.4, 0.5) is 0 Å². The maximum Gasteiger partial charge on any atom is 0.345 e. The molecule has 0 fully saturated rings. The highest BCUT2D eigenvalue weighted by molar-refractivity contribution is 5.73. The van der Waals surface area contributed by atoms with Gasteiger partial charge in [0, 0.05) is 6.42 Å². The maximum absolute atomic E-state index is 11.7. The van der Waals surface area contributed by atoms with E-state index >= 15 is 0 Å². The molecule has 3 nitrogen and oxygen atoms in total. The fraction of sp³-hybridized carbons (Fsp3) is 0.174. The molecule has 3 rings (SSSR count). The molecule has 1 atom stereocenters. The van der Waals surface area contributed by atoms with Crippen LogP contribution in [0.2, 0.25) is 0 Å². The van der Waals surface area contributed by atoms with Crippen molar-refractivity contribution in [1.29, 1.82) is 0 Å². The van der Waals surface area contributed by atoms with Gasteiger partial charge in [0.05, 0.1) is 0 Å². The Balaban J connectivity index is 1.75. The van der Waals surface area contributed by atoms with Gasteiger partial charge in [-0.3, -0.25) is 0 Å². The normalized spacial score (nSPS) is 11.7. The summed E-state index contributed by atoms with van der Waals surface area (Å²) >= 11 is 0. The zero-order valence-electron chi connectivity index (χ0n) is 14.8. The molecule has 3 heteroatoms. The molecule has 0 unspecified atom stereocenters. The van der Waals surface area contributed by atoms with Crippen molar-refractivity contribution in [2.24, 2.45) is 0 Å². The number of aliphatic carboxylic acids is 1. The molecule has 0 aromatic heterocycles. The van der Waals surface area contributed by atoms with E-state index in [4.69, 9.17) is 4.74 Å². The summed E-state index contributed by atoms with van der Waals surface area (Å²) in [6, 6.07) is 25.5. The molecule has 1 N–H and O–H groups in total. The quantitative estimate of drug-likeness (QED) is 0.655. The summed E-state index contributed by atoms with van der Waals surface area (Å²) in [5.74, 6) is -0.394. The number of rotatable bonds is 7. The van der Waals surface area contributed by atoms with Crippen molar-refractivity contribution in [3.05, 3.63) is 90.0 Å². The third-order valence-corrected chi connectivity index (χ3v) is 4.42. The van der Waals surface area contributed by atoms with E-state index < -0.39 is 12.1 Å². The van der Waals surface area contributed by atoms with Crippen LogP contribution in [0.3, 0.4) is 0 Å². The summed E-state index contributed by atoms with van der Waals surface area (Å²) in [6.07, 6.45) is 0.305. The van der Waals surface area contributed by atoms with Gasteiger partial charge < -0.3 is 9.84 Å². The Kier molecular flexibility index (Phi) is 5.69. The molecule has 0 radical (unpaired) electrons. The van der Waals surface area contributed by atoms with Crippen molar-refractivity contribution in [3.63, 3.8) is 0 Å². The summed E-state index contributed by atoms with van der Waals surface area (Å²) in [5.41, 5.74) is 4.36. The number of hydrogen-bond acceptors (Lipinski definition) is 2. The zero-order valence-corrected chi connectivity index (χ0v) is 14.8. The van der Waals surface area contributed by atoms with Gasteiger partial charge >= 0.3 is 5.97 Å². The van der Waals surface area contributed by atoms with Crippen LogP contribution >= 0.6 is 0 Å². The Labute approximate surface area is 153 Å². The number of aryl methyl sites for hydroxylation is 1. The van der Waals surface area contributed by atoms with Crippen molar-refractivity contribution in [2.75, 3.05) is 0 Å². The Morgan fingerprint density at radius 3 is 2.04 bits per heavy atom. The summed E-state index contributed by atoms with van der Waals surface area (Å²) < 4.78 is 5.77. The van der Waals surface area contributed by atoms with Gasteiger partial charge in [-0.2, -0.15) is 0 Å². The van der Waals surface area contributed by atoms with E-state index in [1.54, 1.807) is 0 Å². The molecule has 0 saturated carbocycles. The molecular weight excluding hydrogens is 324 g/mol. The van der Waals surface area contributed by atoms with Gasteiger partial charge in [-0.05, 0) is 40.8 Å². The van der Waals surface area contributed by atoms with Gasteiger partial charge in [0.15, 0.2) is 6.10 Å². The molecule has 0 aliphatic rings. The van der Waals surface area contributed by atoms with Crippen molar-refractivity contribution in [2.45, 2.75) is 25.9 Å². The number of carboxylic acid groups (broad SMARTS) is 1. The van der Waals surface area contributed by atoms with Crippen LogP contribution in [-0.2, 0) is 17.6 Å². The highest BCUT2D eigenvalue weighted by Crippen LogP contribution is 2.23. The Hall–Kier alpha value is -3.07. The second kappa shape index (κ2) is 8.34. The molecule has 26 heavy (non-hydrogen) atoms. The lowest BCUT2D eigenvalue weighted by atomic mass is 10.00. The van der Waals surface area contributed by atoms with Crippen molar-refractivity contribution < 1.29 is 14.6 Å². The fourth-order valence-electron chi connectivity index (χ4n) is 3.00. The summed E-state index contributed by atoms with van der Waals surface area (Å²) in [6.45, 7) is 2.07. The molecule has 3 aromatic rings. The molecule has 0 aliphatic heterocycles. The standard InChI is InChI=1S/C23H22O3/c1-2-17-8-6-7-11-20(17)16-22(23(24)25)26-21-14-12-19(13-15-21)18-9-4-3-5-10-18/h3-15,22H,2,16H2,1H3,(H,24,25)/t22-/m0/s1. The second-order valence-corrected chi connectivity index (χ2v) is 6.16. The monoisotopic (exact) mass is 346 g/mol. The number of carboxylic acids is 1. The number of hydrogen-bond donors (Lipinski definition) is 1. The lowest BCUT2D eigenvalue weighted by Crippen LogP contribution is -2.29. The number of ether oxygens (including phenoxy) is 1. The largest absolute Gasteiger partial charge is 0.478 e. The highest BCUT2D eigenvalue weighted by Gasteiger charge is 2.21. The van der Waals surface area contributed by atoms with Crippen LogP contribution < -0.4 is 4.74 Å². The predicted molar refractivity (Wildman–Crippen MR) is 103 cm³/mol. The minimum atomic E-state index is -0.956. The topological polar surface area (TPSA) is 46.5 Å². The molecule has 0 amide bonds. The minimum absolute atomic E-state index is 0.347. The van der Waals surface area contributed by atoms with E-state index in [1.807, 2.05) is 78.9 Å². The second-order valence-electron chi connectivity index (χ2n) is 6.16. The van der Waals surface area contributed by atoms with Gasteiger partial charge in [-0.15, -0.1) is 0 Å². The molecular formula is C23H22O3. The predicted octanol–water partition coefficient (Wildman–Crippen LogP) is 4.99. The average Bonchev–Trinajstić information content (AvgIpc) is 2.69. The van der Waals surface area contributed by atoms with E-state index in [1.165, 1.54) is 0 Å². The van der Waals surface area contributed by atoms with E-state index in [9.17, 15) is 9.90 Å². The van der Waals surface area contributed by atoms with Gasteiger partial charge in [-0.25, -0.2) is 4.79 Å². The van der Waals surface area contributed by atoms with Gasteiger partial charge in [-0.1, -0.05) is 73.7 Å². The molecule has 0 spiro atoms. The van der Waals surface area contributed by atoms with Crippen molar-refractivity contribution >= 4 is 5.97 Å². The van der Waals surface area contributed by atoms with Gasteiger partial charge in [0.1, 0.15) is 5.75 Å². The molecule has 132 valence electrons. The van der Waals surface area contributed by atoms with Gasteiger partial charge in [0.2, 0.25) is 0 Å². The first-order chi connectivity index (χ1) is 12.7. The van der Waals surface area contributed by atoms with Crippen LogP contribution in [0.1, 0.15) is 18.1 Å². The van der Waals surface area contributed by atoms with E-state index in [0.717, 1.165) is 28.7 Å². The van der Waals surface area contributed by atoms with Gasteiger partial charge in [0.25, 0.3) is 0 Å².